The monoisotopic (exact) mass is 382 g/mol. The maximum Gasteiger partial charge on any atom is 0.342 e. The number of ether oxygens (including phenoxy) is 2. The van der Waals surface area contributed by atoms with E-state index in [-0.39, 0.29) is 34.8 Å². The Kier molecular flexibility index (Phi) is 5.22. The first-order chi connectivity index (χ1) is 12.3. The summed E-state index contributed by atoms with van der Waals surface area (Å²) < 4.78 is 10.8. The summed E-state index contributed by atoms with van der Waals surface area (Å²) in [6.07, 6.45) is 1.32. The molecule has 2 heterocycles. The van der Waals surface area contributed by atoms with E-state index in [0.717, 1.165) is 6.07 Å². The van der Waals surface area contributed by atoms with Crippen LogP contribution < -0.4 is 0 Å². The Balaban J connectivity index is 1.99. The number of benzene rings is 1. The predicted molar refractivity (Wildman–Crippen MR) is 91.4 cm³/mol. The summed E-state index contributed by atoms with van der Waals surface area (Å²) in [5.41, 5.74) is -0.282. The molecule has 0 aromatic heterocycles. The summed E-state index contributed by atoms with van der Waals surface area (Å²) in [6.45, 7) is 1.68. The molecule has 0 spiro atoms. The normalized spacial score (nSPS) is 30.6. The average Bonchev–Trinajstić information content (AvgIpc) is 3.26. The maximum atomic E-state index is 12.5. The molecule has 26 heavy (non-hydrogen) atoms. The molecule has 7 nitrogen and oxygen atoms in total. The Morgan fingerprint density at radius 1 is 1.15 bits per heavy atom. The predicted octanol–water partition coefficient (Wildman–Crippen LogP) is 1.89. The van der Waals surface area contributed by atoms with Gasteiger partial charge in [0.1, 0.15) is 23.2 Å². The third-order valence-electron chi connectivity index (χ3n) is 4.41. The van der Waals surface area contributed by atoms with Crippen molar-refractivity contribution in [2.75, 3.05) is 0 Å². The molecule has 0 amide bonds. The number of esters is 1. The molecule has 140 valence electrons. The highest BCUT2D eigenvalue weighted by atomic mass is 35.5. The SMILES string of the molecule is C[C@@H]1C[C@H]2O[C@H]2CC(O)/C=C/C(=O)Cc2c(Cl)c(O)cc(O)c2C(=O)O1. The summed E-state index contributed by atoms with van der Waals surface area (Å²) in [5, 5.41) is 29.7. The number of rotatable bonds is 0. The largest absolute Gasteiger partial charge is 0.507 e. The standard InChI is InChI=1S/C18H19ClO7/c1-8-4-14-15(26-14)6-10(21)3-2-9(20)5-11-16(18(24)25-8)12(22)7-13(23)17(11)19/h2-3,7-8,10,14-15,21-23H,4-6H2,1H3/b3-2+/t8-,10?,14-,15+/m1/s1. The van der Waals surface area contributed by atoms with Crippen molar-refractivity contribution in [3.63, 3.8) is 0 Å². The van der Waals surface area contributed by atoms with Gasteiger partial charge in [0.05, 0.1) is 23.3 Å². The summed E-state index contributed by atoms with van der Waals surface area (Å²) >= 11 is 6.05. The number of cyclic esters (lactones) is 1. The number of aromatic hydroxyl groups is 2. The third-order valence-corrected chi connectivity index (χ3v) is 4.84. The number of phenolic OH excluding ortho intramolecular Hbond substituents is 2. The first-order valence-electron chi connectivity index (χ1n) is 8.25. The smallest absolute Gasteiger partial charge is 0.342 e. The Hall–Kier alpha value is -2.09. The number of ketones is 1. The fourth-order valence-electron chi connectivity index (χ4n) is 3.06. The molecule has 4 atom stereocenters. The Bertz CT molecular complexity index is 773. The van der Waals surface area contributed by atoms with Gasteiger partial charge in [-0.15, -0.1) is 0 Å². The molecular weight excluding hydrogens is 364 g/mol. The zero-order valence-corrected chi connectivity index (χ0v) is 14.8. The van der Waals surface area contributed by atoms with E-state index in [4.69, 9.17) is 21.1 Å². The van der Waals surface area contributed by atoms with Gasteiger partial charge in [0.2, 0.25) is 0 Å². The number of fused-ring (bicyclic) bond motifs is 2. The third kappa shape index (κ3) is 4.00. The minimum atomic E-state index is -0.845. The van der Waals surface area contributed by atoms with Crippen molar-refractivity contribution in [2.45, 2.75) is 50.6 Å². The van der Waals surface area contributed by atoms with Crippen LogP contribution >= 0.6 is 11.6 Å². The Morgan fingerprint density at radius 3 is 2.58 bits per heavy atom. The van der Waals surface area contributed by atoms with E-state index in [2.05, 4.69) is 0 Å². The number of carbonyl (C=O) groups is 2. The molecule has 3 N–H and O–H groups in total. The van der Waals surface area contributed by atoms with E-state index in [1.165, 1.54) is 12.2 Å². The fourth-order valence-corrected chi connectivity index (χ4v) is 3.27. The lowest BCUT2D eigenvalue weighted by atomic mass is 9.99. The molecular formula is C18H19ClO7. The van der Waals surface area contributed by atoms with Crippen LogP contribution in [0, 0.1) is 0 Å². The minimum absolute atomic E-state index is 0.0249. The molecule has 0 bridgehead atoms. The van der Waals surface area contributed by atoms with Gasteiger partial charge < -0.3 is 24.8 Å². The summed E-state index contributed by atoms with van der Waals surface area (Å²) in [6, 6.07) is 0.931. The number of hydrogen-bond donors (Lipinski definition) is 3. The van der Waals surface area contributed by atoms with Crippen molar-refractivity contribution < 1.29 is 34.4 Å². The van der Waals surface area contributed by atoms with Crippen LogP contribution in [0.3, 0.4) is 0 Å². The van der Waals surface area contributed by atoms with E-state index in [1.807, 2.05) is 0 Å². The van der Waals surface area contributed by atoms with Crippen LogP contribution in [0.1, 0.15) is 35.7 Å². The number of carbonyl (C=O) groups excluding carboxylic acids is 2. The number of phenols is 2. The van der Waals surface area contributed by atoms with Crippen LogP contribution in [-0.2, 0) is 20.7 Å². The highest BCUT2D eigenvalue weighted by molar-refractivity contribution is 6.33. The van der Waals surface area contributed by atoms with Crippen LogP contribution in [-0.4, -0.2) is 51.5 Å². The molecule has 3 rings (SSSR count). The second-order valence-corrected chi connectivity index (χ2v) is 6.93. The summed E-state index contributed by atoms with van der Waals surface area (Å²) in [5.74, 6) is -2.26. The molecule has 0 radical (unpaired) electrons. The Labute approximate surface area is 154 Å². The zero-order chi connectivity index (χ0) is 19.0. The lowest BCUT2D eigenvalue weighted by molar-refractivity contribution is -0.114. The summed E-state index contributed by atoms with van der Waals surface area (Å²) in [7, 11) is 0. The van der Waals surface area contributed by atoms with Crippen molar-refractivity contribution in [3.05, 3.63) is 34.4 Å². The fraction of sp³-hybridized carbons (Fsp3) is 0.444. The first kappa shape index (κ1) is 18.7. The van der Waals surface area contributed by atoms with Gasteiger partial charge in [0.25, 0.3) is 0 Å². The van der Waals surface area contributed by atoms with Gasteiger partial charge >= 0.3 is 5.97 Å². The van der Waals surface area contributed by atoms with Gasteiger partial charge in [0, 0.05) is 30.9 Å². The molecule has 1 aromatic carbocycles. The van der Waals surface area contributed by atoms with Crippen LogP contribution in [0.4, 0.5) is 0 Å². The molecule has 1 saturated heterocycles. The molecule has 2 aliphatic rings. The quantitative estimate of drug-likeness (QED) is 0.463. The molecule has 1 aromatic rings. The lowest BCUT2D eigenvalue weighted by Gasteiger charge is -2.17. The van der Waals surface area contributed by atoms with Gasteiger partial charge in [-0.25, -0.2) is 4.79 Å². The van der Waals surface area contributed by atoms with Crippen LogP contribution in [0.15, 0.2) is 18.2 Å². The van der Waals surface area contributed by atoms with Crippen molar-refractivity contribution >= 4 is 23.4 Å². The highest BCUT2D eigenvalue weighted by Gasteiger charge is 2.41. The summed E-state index contributed by atoms with van der Waals surface area (Å²) in [4.78, 5) is 24.7. The van der Waals surface area contributed by atoms with Crippen LogP contribution in [0.25, 0.3) is 0 Å². The van der Waals surface area contributed by atoms with E-state index >= 15 is 0 Å². The number of epoxide rings is 1. The molecule has 1 fully saturated rings. The second kappa shape index (κ2) is 7.26. The minimum Gasteiger partial charge on any atom is -0.507 e. The van der Waals surface area contributed by atoms with Crippen molar-refractivity contribution in [1.82, 2.24) is 0 Å². The van der Waals surface area contributed by atoms with E-state index in [1.54, 1.807) is 6.92 Å². The van der Waals surface area contributed by atoms with E-state index in [9.17, 15) is 24.9 Å². The first-order valence-corrected chi connectivity index (χ1v) is 8.63. The number of hydrogen-bond acceptors (Lipinski definition) is 7. The highest BCUT2D eigenvalue weighted by Crippen LogP contribution is 2.38. The van der Waals surface area contributed by atoms with Gasteiger partial charge in [-0.05, 0) is 13.0 Å². The molecule has 0 aliphatic carbocycles. The molecule has 2 aliphatic heterocycles. The topological polar surface area (TPSA) is 117 Å². The van der Waals surface area contributed by atoms with Crippen molar-refractivity contribution in [1.29, 1.82) is 0 Å². The van der Waals surface area contributed by atoms with Crippen molar-refractivity contribution in [3.8, 4) is 11.5 Å². The van der Waals surface area contributed by atoms with Gasteiger partial charge in [-0.3, -0.25) is 4.79 Å². The number of aliphatic hydroxyl groups excluding tert-OH is 1. The lowest BCUT2D eigenvalue weighted by Crippen LogP contribution is -2.20. The number of aliphatic hydroxyl groups is 1. The van der Waals surface area contributed by atoms with Gasteiger partial charge in [-0.2, -0.15) is 0 Å². The Morgan fingerprint density at radius 2 is 1.85 bits per heavy atom. The zero-order valence-electron chi connectivity index (χ0n) is 14.0. The van der Waals surface area contributed by atoms with Crippen LogP contribution in [0.2, 0.25) is 5.02 Å². The molecule has 8 heteroatoms. The number of halogens is 1. The van der Waals surface area contributed by atoms with E-state index in [0.29, 0.717) is 12.8 Å². The van der Waals surface area contributed by atoms with E-state index < -0.39 is 35.5 Å². The second-order valence-electron chi connectivity index (χ2n) is 6.55. The average molecular weight is 383 g/mol. The van der Waals surface area contributed by atoms with Crippen molar-refractivity contribution in [2.24, 2.45) is 0 Å². The molecule has 0 saturated carbocycles. The van der Waals surface area contributed by atoms with Gasteiger partial charge in [0.15, 0.2) is 5.78 Å². The molecule has 1 unspecified atom stereocenters. The maximum absolute atomic E-state index is 12.5. The number of allylic oxidation sites excluding steroid dienone is 1. The van der Waals surface area contributed by atoms with Gasteiger partial charge in [-0.1, -0.05) is 17.7 Å². The van der Waals surface area contributed by atoms with Crippen LogP contribution in [0.5, 0.6) is 11.5 Å².